The number of rotatable bonds is 7. The quantitative estimate of drug-likeness (QED) is 0.245. The summed E-state index contributed by atoms with van der Waals surface area (Å²) in [7, 11) is -1.11. The molecule has 0 radical (unpaired) electrons. The lowest BCUT2D eigenvalue weighted by atomic mass is 10.3. The van der Waals surface area contributed by atoms with Crippen LogP contribution in [0.4, 0.5) is 0 Å². The molecule has 0 saturated carbocycles. The molecule has 0 aliphatic heterocycles. The fraction of sp³-hybridized carbons (Fsp3) is 0.714. The Morgan fingerprint density at radius 3 is 2.48 bits per heavy atom. The molecule has 132 valence electrons. The summed E-state index contributed by atoms with van der Waals surface area (Å²) in [5, 5.41) is 0. The van der Waals surface area contributed by atoms with Gasteiger partial charge in [0.1, 0.15) is 38.3 Å². The summed E-state index contributed by atoms with van der Waals surface area (Å²) in [5.74, 6) is 0.606. The summed E-state index contributed by atoms with van der Waals surface area (Å²) in [4.78, 5) is 4.37. The maximum Gasteiger partial charge on any atom is 0.159 e. The Morgan fingerprint density at radius 2 is 1.96 bits per heavy atom. The Bertz CT molecular complexity index is 553. The number of ether oxygens (including phenoxy) is 1. The minimum Gasteiger partial charge on any atom is -0.591 e. The van der Waals surface area contributed by atoms with E-state index in [0.717, 1.165) is 17.3 Å². The molecule has 0 aliphatic rings. The van der Waals surface area contributed by atoms with Crippen molar-refractivity contribution in [3.05, 3.63) is 15.0 Å². The van der Waals surface area contributed by atoms with Gasteiger partial charge in [0.25, 0.3) is 0 Å². The summed E-state index contributed by atoms with van der Waals surface area (Å²) < 4.78 is 24.9. The summed E-state index contributed by atoms with van der Waals surface area (Å²) in [5.41, 5.74) is 0. The second kappa shape index (κ2) is 8.62. The van der Waals surface area contributed by atoms with Crippen LogP contribution in [0.5, 0.6) is 0 Å². The lowest BCUT2D eigenvalue weighted by Gasteiger charge is -2.18. The van der Waals surface area contributed by atoms with Crippen LogP contribution in [0, 0.1) is 0 Å². The summed E-state index contributed by atoms with van der Waals surface area (Å²) in [6.07, 6.45) is 1.54. The van der Waals surface area contributed by atoms with Gasteiger partial charge in [0, 0.05) is 14.7 Å². The highest BCUT2D eigenvalue weighted by atomic mass is 79.9. The zero-order chi connectivity index (χ0) is 17.8. The summed E-state index contributed by atoms with van der Waals surface area (Å²) >= 11 is 5.56. The lowest BCUT2D eigenvalue weighted by Crippen LogP contribution is -2.26. The molecule has 0 saturated heterocycles. The van der Waals surface area contributed by atoms with Crippen LogP contribution in [0.3, 0.4) is 0 Å². The predicted molar refractivity (Wildman–Crippen MR) is 107 cm³/mol. The van der Waals surface area contributed by atoms with Crippen LogP contribution in [0.1, 0.15) is 26.6 Å². The number of hydrogen-bond donors (Lipinski definition) is 0. The molecule has 1 rings (SSSR count). The second-order valence-corrected chi connectivity index (χ2v) is 16.5. The van der Waals surface area contributed by atoms with Crippen molar-refractivity contribution < 1.29 is 9.29 Å². The third kappa shape index (κ3) is 7.39. The predicted octanol–water partition coefficient (Wildman–Crippen LogP) is 4.60. The molecule has 0 fully saturated rings. The summed E-state index contributed by atoms with van der Waals surface area (Å²) in [6.45, 7) is 13.7. The van der Waals surface area contributed by atoms with Gasteiger partial charge in [0.15, 0.2) is 5.82 Å². The topological polar surface area (TPSA) is 62.5 Å². The van der Waals surface area contributed by atoms with Gasteiger partial charge in [-0.1, -0.05) is 24.0 Å². The first-order chi connectivity index (χ1) is 10.4. The number of hydrogen-bond acceptors (Lipinski definition) is 4. The Morgan fingerprint density at radius 1 is 1.35 bits per heavy atom. The smallest absolute Gasteiger partial charge is 0.159 e. The molecule has 1 heterocycles. The molecule has 0 bridgehead atoms. The van der Waals surface area contributed by atoms with E-state index in [1.807, 2.05) is 25.3 Å². The van der Waals surface area contributed by atoms with E-state index in [4.69, 9.17) is 4.74 Å². The molecule has 1 atom stereocenters. The Balaban J connectivity index is 2.78. The fourth-order valence-electron chi connectivity index (χ4n) is 1.43. The lowest BCUT2D eigenvalue weighted by molar-refractivity contribution is 0.0854. The largest absolute Gasteiger partial charge is 0.591 e. The molecular weight excluding hydrogens is 462 g/mol. The van der Waals surface area contributed by atoms with Crippen molar-refractivity contribution in [3.8, 4) is 0 Å². The third-order valence-corrected chi connectivity index (χ3v) is 7.84. The first-order valence-electron chi connectivity index (χ1n) is 7.37. The Hall–Kier alpha value is 0.327. The molecule has 1 aromatic rings. The van der Waals surface area contributed by atoms with E-state index in [9.17, 15) is 4.55 Å². The number of aromatic nitrogens is 2. The third-order valence-electron chi connectivity index (χ3n) is 2.90. The number of nitrogens with zero attached hydrogens (tertiary/aromatic N) is 3. The zero-order valence-corrected chi connectivity index (χ0v) is 19.5. The molecule has 0 N–H and O–H groups in total. The molecule has 0 aliphatic carbocycles. The minimum atomic E-state index is -1.31. The van der Waals surface area contributed by atoms with Gasteiger partial charge in [-0.25, -0.2) is 4.98 Å². The maximum absolute atomic E-state index is 12.0. The van der Waals surface area contributed by atoms with E-state index < -0.39 is 24.2 Å². The van der Waals surface area contributed by atoms with Crippen LogP contribution in [0.15, 0.2) is 13.6 Å². The van der Waals surface area contributed by atoms with Gasteiger partial charge in [0.05, 0.1) is 0 Å². The molecule has 0 aromatic carbocycles. The van der Waals surface area contributed by atoms with Crippen LogP contribution in [-0.2, 0) is 22.8 Å². The Labute approximate surface area is 159 Å². The van der Waals surface area contributed by atoms with Gasteiger partial charge in [-0.3, -0.25) is 4.57 Å². The van der Waals surface area contributed by atoms with E-state index >= 15 is 0 Å². The van der Waals surface area contributed by atoms with Crippen LogP contribution >= 0.6 is 31.9 Å². The molecule has 1 unspecified atom stereocenters. The fourth-order valence-corrected chi connectivity index (χ4v) is 3.46. The standard InChI is InChI=1S/C14H25Br2N3O2SSi/c1-14(2,3)22(20)17-9-11-18-12(15)13(16)19(11)10-21-7-8-23(4,5)6/h9H,7-8,10H2,1-6H3/b17-9-. The first kappa shape index (κ1) is 21.4. The number of halogens is 2. The molecule has 5 nitrogen and oxygen atoms in total. The van der Waals surface area contributed by atoms with Gasteiger partial charge in [-0.05, 0) is 58.7 Å². The van der Waals surface area contributed by atoms with Crippen molar-refractivity contribution in [3.63, 3.8) is 0 Å². The van der Waals surface area contributed by atoms with Gasteiger partial charge in [0.2, 0.25) is 0 Å². The van der Waals surface area contributed by atoms with E-state index in [-0.39, 0.29) is 0 Å². The zero-order valence-electron chi connectivity index (χ0n) is 14.5. The van der Waals surface area contributed by atoms with Crippen LogP contribution in [0.25, 0.3) is 0 Å². The highest BCUT2D eigenvalue weighted by Gasteiger charge is 2.26. The molecule has 23 heavy (non-hydrogen) atoms. The van der Waals surface area contributed by atoms with Crippen molar-refractivity contribution in [1.29, 1.82) is 0 Å². The Kier molecular flexibility index (Phi) is 8.01. The molecular formula is C14H25Br2N3O2SSi. The van der Waals surface area contributed by atoms with Crippen molar-refractivity contribution in [2.24, 2.45) is 4.40 Å². The van der Waals surface area contributed by atoms with E-state index in [1.54, 1.807) is 6.21 Å². The average Bonchev–Trinajstić information content (AvgIpc) is 2.65. The summed E-state index contributed by atoms with van der Waals surface area (Å²) in [6, 6.07) is 1.11. The molecule has 1 aromatic heterocycles. The van der Waals surface area contributed by atoms with E-state index in [0.29, 0.717) is 17.2 Å². The van der Waals surface area contributed by atoms with E-state index in [2.05, 4.69) is 60.9 Å². The van der Waals surface area contributed by atoms with Crippen LogP contribution in [0.2, 0.25) is 25.7 Å². The SMILES string of the molecule is CC(C)(C)[S+]([O-])/N=C\c1nc(Br)c(Br)n1COCC[Si](C)(C)C. The molecule has 9 heteroatoms. The highest BCUT2D eigenvalue weighted by Crippen LogP contribution is 2.24. The van der Waals surface area contributed by atoms with Crippen LogP contribution in [-0.4, -0.2) is 39.7 Å². The molecule has 0 spiro atoms. The second-order valence-electron chi connectivity index (χ2n) is 7.42. The van der Waals surface area contributed by atoms with Gasteiger partial charge >= 0.3 is 0 Å². The van der Waals surface area contributed by atoms with Gasteiger partial charge in [-0.15, -0.1) is 0 Å². The van der Waals surface area contributed by atoms with Crippen molar-refractivity contribution in [1.82, 2.24) is 9.55 Å². The van der Waals surface area contributed by atoms with E-state index in [1.165, 1.54) is 0 Å². The van der Waals surface area contributed by atoms with Crippen molar-refractivity contribution in [2.45, 2.75) is 57.9 Å². The first-order valence-corrected chi connectivity index (χ1v) is 13.8. The monoisotopic (exact) mass is 485 g/mol. The van der Waals surface area contributed by atoms with Gasteiger partial charge < -0.3 is 9.29 Å². The normalized spacial score (nSPS) is 14.7. The van der Waals surface area contributed by atoms with Crippen LogP contribution < -0.4 is 0 Å². The van der Waals surface area contributed by atoms with Gasteiger partial charge in [-0.2, -0.15) is 0 Å². The minimum absolute atomic E-state index is 0.382. The maximum atomic E-state index is 12.0. The van der Waals surface area contributed by atoms with Crippen molar-refractivity contribution in [2.75, 3.05) is 6.61 Å². The number of imidazole rings is 1. The van der Waals surface area contributed by atoms with Crippen molar-refractivity contribution >= 4 is 57.5 Å². The average molecular weight is 487 g/mol. The molecule has 0 amide bonds. The highest BCUT2D eigenvalue weighted by molar-refractivity contribution is 9.13.